The molecule has 1 rings (SSSR count). The predicted octanol–water partition coefficient (Wildman–Crippen LogP) is 2.06. The summed E-state index contributed by atoms with van der Waals surface area (Å²) in [6.45, 7) is 2.13. The fourth-order valence-corrected chi connectivity index (χ4v) is 1.14. The summed E-state index contributed by atoms with van der Waals surface area (Å²) in [4.78, 5) is 0. The zero-order valence-electron chi connectivity index (χ0n) is 6.83. The van der Waals surface area contributed by atoms with Crippen molar-refractivity contribution in [3.63, 3.8) is 0 Å². The van der Waals surface area contributed by atoms with Crippen molar-refractivity contribution in [1.82, 2.24) is 0 Å². The summed E-state index contributed by atoms with van der Waals surface area (Å²) in [5, 5.41) is 8.76. The van der Waals surface area contributed by atoms with E-state index in [4.69, 9.17) is 5.11 Å². The Morgan fingerprint density at radius 1 is 1.64 bits per heavy atom. The minimum absolute atomic E-state index is 0.175. The number of rotatable bonds is 2. The molecule has 1 N–H and O–H groups in total. The zero-order valence-corrected chi connectivity index (χ0v) is 6.83. The smallest absolute Gasteiger partial charge is 0.0639 e. The van der Waals surface area contributed by atoms with Gasteiger partial charge in [-0.1, -0.05) is 36.0 Å². The standard InChI is InChI=1S/C10H14O/c1-9(8-11)7-10-5-3-2-4-6-10/h2-5,7,10-11H,6,8H2,1H3. The lowest BCUT2D eigenvalue weighted by Gasteiger charge is -2.08. The molecular weight excluding hydrogens is 136 g/mol. The molecule has 1 unspecified atom stereocenters. The van der Waals surface area contributed by atoms with E-state index >= 15 is 0 Å². The predicted molar refractivity (Wildman–Crippen MR) is 47.2 cm³/mol. The van der Waals surface area contributed by atoms with Gasteiger partial charge < -0.3 is 5.11 Å². The van der Waals surface area contributed by atoms with Gasteiger partial charge in [0, 0.05) is 0 Å². The first kappa shape index (κ1) is 8.28. The Kier molecular flexibility index (Phi) is 3.12. The Labute approximate surface area is 67.7 Å². The first-order chi connectivity index (χ1) is 5.33. The Balaban J connectivity index is 2.50. The van der Waals surface area contributed by atoms with Crippen LogP contribution in [0.5, 0.6) is 0 Å². The average molecular weight is 150 g/mol. The Hall–Kier alpha value is -0.820. The van der Waals surface area contributed by atoms with Gasteiger partial charge >= 0.3 is 0 Å². The van der Waals surface area contributed by atoms with E-state index in [-0.39, 0.29) is 6.61 Å². The van der Waals surface area contributed by atoms with E-state index < -0.39 is 0 Å². The zero-order chi connectivity index (χ0) is 8.10. The molecule has 1 aliphatic carbocycles. The molecule has 11 heavy (non-hydrogen) atoms. The molecule has 0 saturated heterocycles. The molecule has 0 amide bonds. The molecule has 60 valence electrons. The molecule has 0 aliphatic heterocycles. The summed E-state index contributed by atoms with van der Waals surface area (Å²) in [6.07, 6.45) is 11.6. The van der Waals surface area contributed by atoms with Crippen LogP contribution in [0.25, 0.3) is 0 Å². The summed E-state index contributed by atoms with van der Waals surface area (Å²) in [6, 6.07) is 0. The monoisotopic (exact) mass is 150 g/mol. The van der Waals surface area contributed by atoms with E-state index in [0.29, 0.717) is 5.92 Å². The molecule has 1 atom stereocenters. The highest BCUT2D eigenvalue weighted by Gasteiger charge is 2.00. The van der Waals surface area contributed by atoms with Gasteiger partial charge in [-0.15, -0.1) is 0 Å². The van der Waals surface area contributed by atoms with Crippen molar-refractivity contribution in [1.29, 1.82) is 0 Å². The van der Waals surface area contributed by atoms with Crippen LogP contribution in [0.1, 0.15) is 13.3 Å². The van der Waals surface area contributed by atoms with Crippen molar-refractivity contribution in [2.75, 3.05) is 6.61 Å². The summed E-state index contributed by atoms with van der Waals surface area (Å²) in [5.41, 5.74) is 1.05. The molecule has 0 spiro atoms. The number of hydrogen-bond acceptors (Lipinski definition) is 1. The van der Waals surface area contributed by atoms with Gasteiger partial charge in [-0.05, 0) is 19.3 Å². The van der Waals surface area contributed by atoms with E-state index in [1.807, 2.05) is 6.92 Å². The van der Waals surface area contributed by atoms with Crippen LogP contribution in [-0.2, 0) is 0 Å². The third-order valence-electron chi connectivity index (χ3n) is 1.76. The SMILES string of the molecule is CC(=CC1C=CC=CC1)CO. The van der Waals surface area contributed by atoms with Crippen molar-refractivity contribution in [2.45, 2.75) is 13.3 Å². The lowest BCUT2D eigenvalue weighted by Crippen LogP contribution is -1.95. The van der Waals surface area contributed by atoms with E-state index in [0.717, 1.165) is 12.0 Å². The molecule has 0 heterocycles. The highest BCUT2D eigenvalue weighted by Crippen LogP contribution is 2.14. The first-order valence-electron chi connectivity index (χ1n) is 3.94. The molecule has 0 bridgehead atoms. The average Bonchev–Trinajstić information content (AvgIpc) is 2.06. The Morgan fingerprint density at radius 2 is 2.45 bits per heavy atom. The van der Waals surface area contributed by atoms with Gasteiger partial charge in [0.25, 0.3) is 0 Å². The van der Waals surface area contributed by atoms with Crippen LogP contribution in [0.2, 0.25) is 0 Å². The second-order valence-corrected chi connectivity index (χ2v) is 2.88. The third-order valence-corrected chi connectivity index (χ3v) is 1.76. The van der Waals surface area contributed by atoms with Crippen molar-refractivity contribution in [3.8, 4) is 0 Å². The van der Waals surface area contributed by atoms with Gasteiger partial charge in [0.15, 0.2) is 0 Å². The lowest BCUT2D eigenvalue weighted by molar-refractivity contribution is 0.330. The van der Waals surface area contributed by atoms with Gasteiger partial charge in [0.1, 0.15) is 0 Å². The summed E-state index contributed by atoms with van der Waals surface area (Å²) in [5.74, 6) is 0.493. The highest BCUT2D eigenvalue weighted by molar-refractivity contribution is 5.17. The van der Waals surface area contributed by atoms with E-state index in [2.05, 4.69) is 30.4 Å². The molecule has 0 saturated carbocycles. The van der Waals surface area contributed by atoms with Crippen LogP contribution in [0, 0.1) is 5.92 Å². The minimum atomic E-state index is 0.175. The van der Waals surface area contributed by atoms with Crippen LogP contribution in [0.3, 0.4) is 0 Å². The van der Waals surface area contributed by atoms with Crippen molar-refractivity contribution >= 4 is 0 Å². The van der Waals surface area contributed by atoms with Gasteiger partial charge in [0.05, 0.1) is 6.61 Å². The molecule has 0 aromatic carbocycles. The molecule has 1 heteroatoms. The van der Waals surface area contributed by atoms with E-state index in [1.165, 1.54) is 0 Å². The van der Waals surface area contributed by atoms with Crippen LogP contribution in [0.4, 0.5) is 0 Å². The number of aliphatic hydroxyl groups is 1. The van der Waals surface area contributed by atoms with Crippen LogP contribution >= 0.6 is 0 Å². The fourth-order valence-electron chi connectivity index (χ4n) is 1.14. The van der Waals surface area contributed by atoms with Crippen molar-refractivity contribution in [3.05, 3.63) is 36.0 Å². The number of hydrogen-bond donors (Lipinski definition) is 1. The maximum Gasteiger partial charge on any atom is 0.0639 e. The second kappa shape index (κ2) is 4.14. The van der Waals surface area contributed by atoms with Crippen LogP contribution < -0.4 is 0 Å². The second-order valence-electron chi connectivity index (χ2n) is 2.88. The van der Waals surface area contributed by atoms with Crippen molar-refractivity contribution in [2.24, 2.45) is 5.92 Å². The van der Waals surface area contributed by atoms with Crippen LogP contribution in [0.15, 0.2) is 36.0 Å². The number of aliphatic hydroxyl groups excluding tert-OH is 1. The molecule has 1 nitrogen and oxygen atoms in total. The molecular formula is C10H14O. The fraction of sp³-hybridized carbons (Fsp3) is 0.400. The van der Waals surface area contributed by atoms with Gasteiger partial charge in [-0.2, -0.15) is 0 Å². The van der Waals surface area contributed by atoms with Gasteiger partial charge in [-0.25, -0.2) is 0 Å². The maximum absolute atomic E-state index is 8.76. The summed E-state index contributed by atoms with van der Waals surface area (Å²) >= 11 is 0. The first-order valence-corrected chi connectivity index (χ1v) is 3.94. The van der Waals surface area contributed by atoms with E-state index in [9.17, 15) is 0 Å². The molecule has 1 aliphatic rings. The summed E-state index contributed by atoms with van der Waals surface area (Å²) < 4.78 is 0. The van der Waals surface area contributed by atoms with Gasteiger partial charge in [-0.3, -0.25) is 0 Å². The van der Waals surface area contributed by atoms with Crippen LogP contribution in [-0.4, -0.2) is 11.7 Å². The molecule has 0 fully saturated rings. The minimum Gasteiger partial charge on any atom is -0.392 e. The highest BCUT2D eigenvalue weighted by atomic mass is 16.3. The molecule has 0 aromatic rings. The Morgan fingerprint density at radius 3 is 3.00 bits per heavy atom. The maximum atomic E-state index is 8.76. The number of allylic oxidation sites excluding steroid dienone is 5. The molecule has 0 aromatic heterocycles. The Bertz CT molecular complexity index is 199. The quantitative estimate of drug-likeness (QED) is 0.597. The van der Waals surface area contributed by atoms with Crippen molar-refractivity contribution < 1.29 is 5.11 Å². The third kappa shape index (κ3) is 2.72. The summed E-state index contributed by atoms with van der Waals surface area (Å²) in [7, 11) is 0. The normalized spacial score (nSPS) is 24.2. The van der Waals surface area contributed by atoms with E-state index in [1.54, 1.807) is 0 Å². The topological polar surface area (TPSA) is 20.2 Å². The largest absolute Gasteiger partial charge is 0.392 e. The lowest BCUT2D eigenvalue weighted by atomic mass is 9.99. The van der Waals surface area contributed by atoms with Gasteiger partial charge in [0.2, 0.25) is 0 Å². The molecule has 0 radical (unpaired) electrons.